The molecule has 0 spiro atoms. The Balaban J connectivity index is 2.54. The quantitative estimate of drug-likeness (QED) is 0.329. The number of hydrogen-bond donors (Lipinski definition) is 2. The lowest BCUT2D eigenvalue weighted by atomic mass is 10.2. The van der Waals surface area contributed by atoms with Crippen molar-refractivity contribution < 1.29 is 4.79 Å². The Morgan fingerprint density at radius 1 is 1.42 bits per heavy atom. The maximum Gasteiger partial charge on any atom is 0.180 e. The Hall–Kier alpha value is -2.19. The number of thioether (sulfide) groups is 1. The summed E-state index contributed by atoms with van der Waals surface area (Å²) in [5.74, 6) is 0.362. The SMILES string of the molecule is C=CCN/C(=C/NC#N)SCC(=O)c1ccccc1. The summed E-state index contributed by atoms with van der Waals surface area (Å²) in [6.07, 6.45) is 5.05. The summed E-state index contributed by atoms with van der Waals surface area (Å²) in [7, 11) is 0. The molecular formula is C14H15N3OS. The molecule has 2 N–H and O–H groups in total. The highest BCUT2D eigenvalue weighted by atomic mass is 32.2. The molecule has 98 valence electrons. The highest BCUT2D eigenvalue weighted by Gasteiger charge is 2.06. The van der Waals surface area contributed by atoms with Gasteiger partial charge in [-0.1, -0.05) is 48.2 Å². The Kier molecular flexibility index (Phi) is 6.92. The van der Waals surface area contributed by atoms with E-state index < -0.39 is 0 Å². The van der Waals surface area contributed by atoms with Crippen molar-refractivity contribution in [2.45, 2.75) is 0 Å². The van der Waals surface area contributed by atoms with Crippen LogP contribution in [0.1, 0.15) is 10.4 Å². The Morgan fingerprint density at radius 2 is 2.16 bits per heavy atom. The number of nitrogens with zero attached hydrogens (tertiary/aromatic N) is 1. The van der Waals surface area contributed by atoms with Crippen LogP contribution < -0.4 is 10.6 Å². The first-order valence-corrected chi connectivity index (χ1v) is 6.67. The maximum absolute atomic E-state index is 11.9. The highest BCUT2D eigenvalue weighted by Crippen LogP contribution is 2.14. The minimum Gasteiger partial charge on any atom is -0.375 e. The van der Waals surface area contributed by atoms with Crippen molar-refractivity contribution in [1.29, 1.82) is 5.26 Å². The molecule has 0 aliphatic carbocycles. The van der Waals surface area contributed by atoms with Gasteiger partial charge in [0.15, 0.2) is 12.0 Å². The maximum atomic E-state index is 11.9. The second kappa shape index (κ2) is 8.84. The molecule has 1 aromatic rings. The van der Waals surface area contributed by atoms with E-state index in [1.807, 2.05) is 18.2 Å². The zero-order valence-electron chi connectivity index (χ0n) is 10.4. The lowest BCUT2D eigenvalue weighted by Crippen LogP contribution is -2.15. The van der Waals surface area contributed by atoms with Crippen LogP contribution in [0.5, 0.6) is 0 Å². The van der Waals surface area contributed by atoms with Crippen LogP contribution in [0.3, 0.4) is 0 Å². The van der Waals surface area contributed by atoms with Crippen LogP contribution in [-0.4, -0.2) is 18.1 Å². The molecule has 4 nitrogen and oxygen atoms in total. The smallest absolute Gasteiger partial charge is 0.180 e. The summed E-state index contributed by atoms with van der Waals surface area (Å²) in [4.78, 5) is 11.9. The van der Waals surface area contributed by atoms with E-state index >= 15 is 0 Å². The predicted molar refractivity (Wildman–Crippen MR) is 78.3 cm³/mol. The molecule has 0 amide bonds. The zero-order chi connectivity index (χ0) is 13.9. The summed E-state index contributed by atoms with van der Waals surface area (Å²) in [5.41, 5.74) is 0.686. The van der Waals surface area contributed by atoms with Gasteiger partial charge in [0.25, 0.3) is 0 Å². The molecule has 1 rings (SSSR count). The van der Waals surface area contributed by atoms with E-state index in [1.165, 1.54) is 18.0 Å². The molecule has 0 heterocycles. The molecule has 0 unspecified atom stereocenters. The summed E-state index contributed by atoms with van der Waals surface area (Å²) < 4.78 is 0. The van der Waals surface area contributed by atoms with Crippen LogP contribution in [-0.2, 0) is 0 Å². The van der Waals surface area contributed by atoms with Crippen LogP contribution in [0.4, 0.5) is 0 Å². The zero-order valence-corrected chi connectivity index (χ0v) is 11.2. The van der Waals surface area contributed by atoms with Gasteiger partial charge in [0.2, 0.25) is 0 Å². The largest absolute Gasteiger partial charge is 0.375 e. The summed E-state index contributed by atoms with van der Waals surface area (Å²) in [5, 5.41) is 14.7. The van der Waals surface area contributed by atoms with E-state index in [2.05, 4.69) is 17.2 Å². The van der Waals surface area contributed by atoms with Crippen molar-refractivity contribution in [2.24, 2.45) is 0 Å². The van der Waals surface area contributed by atoms with Crippen LogP contribution >= 0.6 is 11.8 Å². The van der Waals surface area contributed by atoms with Gasteiger partial charge in [0.05, 0.1) is 10.8 Å². The molecule has 1 aromatic carbocycles. The molecule has 0 aliphatic rings. The third kappa shape index (κ3) is 5.80. The first kappa shape index (κ1) is 14.9. The number of ketones is 1. The van der Waals surface area contributed by atoms with Crippen molar-refractivity contribution >= 4 is 17.5 Å². The van der Waals surface area contributed by atoms with Gasteiger partial charge in [-0.3, -0.25) is 10.1 Å². The van der Waals surface area contributed by atoms with Gasteiger partial charge in [-0.2, -0.15) is 5.26 Å². The van der Waals surface area contributed by atoms with E-state index in [4.69, 9.17) is 5.26 Å². The topological polar surface area (TPSA) is 64.9 Å². The van der Waals surface area contributed by atoms with E-state index in [-0.39, 0.29) is 5.78 Å². The van der Waals surface area contributed by atoms with E-state index in [9.17, 15) is 4.79 Å². The first-order valence-electron chi connectivity index (χ1n) is 5.68. The Morgan fingerprint density at radius 3 is 2.79 bits per heavy atom. The fourth-order valence-corrected chi connectivity index (χ4v) is 2.05. The van der Waals surface area contributed by atoms with Crippen molar-refractivity contribution in [1.82, 2.24) is 10.6 Å². The standard InChI is InChI=1S/C14H15N3OS/c1-2-8-17-14(9-16-11-15)19-10-13(18)12-6-4-3-5-7-12/h2-7,9,16-17H,1,8,10H2/b14-9-. The van der Waals surface area contributed by atoms with E-state index in [0.29, 0.717) is 17.9 Å². The third-order valence-corrected chi connectivity index (χ3v) is 3.12. The lowest BCUT2D eigenvalue weighted by molar-refractivity contribution is 0.102. The second-order valence-electron chi connectivity index (χ2n) is 3.51. The molecule has 5 heteroatoms. The number of benzene rings is 1. The number of carbonyl (C=O) groups excluding carboxylic acids is 1. The van der Waals surface area contributed by atoms with Crippen molar-refractivity contribution in [2.75, 3.05) is 12.3 Å². The summed E-state index contributed by atoms with van der Waals surface area (Å²) in [6.45, 7) is 4.18. The molecule has 0 fully saturated rings. The van der Waals surface area contributed by atoms with Gasteiger partial charge < -0.3 is 5.32 Å². The van der Waals surface area contributed by atoms with Crippen molar-refractivity contribution in [3.8, 4) is 6.19 Å². The van der Waals surface area contributed by atoms with E-state index in [0.717, 1.165) is 5.03 Å². The van der Waals surface area contributed by atoms with Crippen LogP contribution in [0, 0.1) is 11.5 Å². The summed E-state index contributed by atoms with van der Waals surface area (Å²) >= 11 is 1.34. The average molecular weight is 273 g/mol. The van der Waals surface area contributed by atoms with E-state index in [1.54, 1.807) is 24.4 Å². The summed E-state index contributed by atoms with van der Waals surface area (Å²) in [6, 6.07) is 9.12. The third-order valence-electron chi connectivity index (χ3n) is 2.14. The highest BCUT2D eigenvalue weighted by molar-refractivity contribution is 8.03. The van der Waals surface area contributed by atoms with Gasteiger partial charge in [-0.05, 0) is 0 Å². The first-order chi connectivity index (χ1) is 9.27. The molecule has 19 heavy (non-hydrogen) atoms. The fourth-order valence-electron chi connectivity index (χ4n) is 1.26. The Labute approximate surface area is 117 Å². The lowest BCUT2D eigenvalue weighted by Gasteiger charge is -2.08. The number of rotatable bonds is 8. The monoisotopic (exact) mass is 273 g/mol. The van der Waals surface area contributed by atoms with Gasteiger partial charge in [0, 0.05) is 18.3 Å². The minimum absolute atomic E-state index is 0.0499. The van der Waals surface area contributed by atoms with Crippen molar-refractivity contribution in [3.63, 3.8) is 0 Å². The number of nitriles is 1. The second-order valence-corrected chi connectivity index (χ2v) is 4.53. The number of nitrogens with one attached hydrogen (secondary N) is 2. The predicted octanol–water partition coefficient (Wildman–Crippen LogP) is 2.25. The number of Topliss-reactive ketones (excluding diaryl/α,β-unsaturated/α-hetero) is 1. The van der Waals surface area contributed by atoms with Gasteiger partial charge in [-0.25, -0.2) is 0 Å². The van der Waals surface area contributed by atoms with Crippen molar-refractivity contribution in [3.05, 3.63) is 59.8 Å². The Bertz CT molecular complexity index is 491. The van der Waals surface area contributed by atoms with Crippen LogP contribution in [0.2, 0.25) is 0 Å². The molecule has 0 saturated heterocycles. The molecule has 0 aromatic heterocycles. The number of hydrogen-bond acceptors (Lipinski definition) is 5. The van der Waals surface area contributed by atoms with Crippen LogP contribution in [0.15, 0.2) is 54.2 Å². The molecular weight excluding hydrogens is 258 g/mol. The average Bonchev–Trinajstić information content (AvgIpc) is 2.47. The number of carbonyl (C=O) groups is 1. The van der Waals surface area contributed by atoms with Gasteiger partial charge in [0.1, 0.15) is 0 Å². The normalized spacial score (nSPS) is 10.4. The molecule has 0 radical (unpaired) electrons. The molecule has 0 saturated carbocycles. The minimum atomic E-state index is 0.0499. The van der Waals surface area contributed by atoms with Gasteiger partial charge >= 0.3 is 0 Å². The van der Waals surface area contributed by atoms with Gasteiger partial charge in [-0.15, -0.1) is 6.58 Å². The van der Waals surface area contributed by atoms with Crippen LogP contribution in [0.25, 0.3) is 0 Å². The molecule has 0 aliphatic heterocycles. The molecule has 0 atom stereocenters. The molecule has 0 bridgehead atoms. The fraction of sp³-hybridized carbons (Fsp3) is 0.143.